The number of hydrogen-bond acceptors (Lipinski definition) is 2. The lowest BCUT2D eigenvalue weighted by molar-refractivity contribution is 0.331. The van der Waals surface area contributed by atoms with Gasteiger partial charge in [-0.1, -0.05) is 12.2 Å². The Bertz CT molecular complexity index is 316. The highest BCUT2D eigenvalue weighted by atomic mass is 127. The van der Waals surface area contributed by atoms with Crippen molar-refractivity contribution in [3.63, 3.8) is 0 Å². The van der Waals surface area contributed by atoms with Crippen LogP contribution < -0.4 is 10.6 Å². The Morgan fingerprint density at radius 3 is 2.57 bits per heavy atom. The van der Waals surface area contributed by atoms with E-state index in [9.17, 15) is 0 Å². The molecule has 2 N–H and O–H groups in total. The Balaban J connectivity index is 0.00000220. The maximum absolute atomic E-state index is 4.69. The molecule has 1 aliphatic heterocycles. The second-order valence-electron chi connectivity index (χ2n) is 5.80. The fourth-order valence-electron chi connectivity index (χ4n) is 2.89. The summed E-state index contributed by atoms with van der Waals surface area (Å²) in [5, 5.41) is 6.86. The number of unbranched alkanes of at least 4 members (excludes halogenated alkanes) is 1. The van der Waals surface area contributed by atoms with E-state index in [1.807, 2.05) is 0 Å². The second kappa shape index (κ2) is 11.3. The summed E-state index contributed by atoms with van der Waals surface area (Å²) in [6.45, 7) is 7.86. The Morgan fingerprint density at radius 2 is 1.90 bits per heavy atom. The van der Waals surface area contributed by atoms with Crippen molar-refractivity contribution >= 4 is 29.9 Å². The van der Waals surface area contributed by atoms with Crippen molar-refractivity contribution in [1.29, 1.82) is 0 Å². The summed E-state index contributed by atoms with van der Waals surface area (Å²) in [4.78, 5) is 7.27. The number of rotatable bonds is 7. The molecule has 1 fully saturated rings. The van der Waals surface area contributed by atoms with Gasteiger partial charge in [0.1, 0.15) is 0 Å². The largest absolute Gasteiger partial charge is 0.357 e. The van der Waals surface area contributed by atoms with Crippen LogP contribution in [0.4, 0.5) is 0 Å². The number of aliphatic imine (C=N–C) groups is 1. The molecule has 5 heteroatoms. The molecule has 1 heterocycles. The van der Waals surface area contributed by atoms with E-state index < -0.39 is 0 Å². The fraction of sp³-hybridized carbons (Fsp3) is 0.812. The van der Waals surface area contributed by atoms with Crippen LogP contribution >= 0.6 is 24.0 Å². The highest BCUT2D eigenvalue weighted by molar-refractivity contribution is 14.0. The third kappa shape index (κ3) is 7.49. The molecule has 0 saturated carbocycles. The normalized spacial score (nSPS) is 19.8. The molecule has 1 saturated heterocycles. The lowest BCUT2D eigenvalue weighted by Gasteiger charge is -2.17. The van der Waals surface area contributed by atoms with E-state index in [0.29, 0.717) is 6.04 Å². The molecule has 0 spiro atoms. The Morgan fingerprint density at radius 1 is 1.19 bits per heavy atom. The molecule has 0 atom stereocenters. The maximum atomic E-state index is 4.69. The minimum absolute atomic E-state index is 0. The lowest BCUT2D eigenvalue weighted by atomic mass is 10.2. The number of nitrogens with zero attached hydrogens (tertiary/aromatic N) is 2. The van der Waals surface area contributed by atoms with Gasteiger partial charge in [-0.3, -0.25) is 4.99 Å². The van der Waals surface area contributed by atoms with Crippen molar-refractivity contribution in [3.05, 3.63) is 12.2 Å². The van der Waals surface area contributed by atoms with Gasteiger partial charge in [-0.05, 0) is 65.1 Å². The van der Waals surface area contributed by atoms with Crippen molar-refractivity contribution in [2.45, 2.75) is 51.5 Å². The molecular formula is C16H31IN4. The van der Waals surface area contributed by atoms with Gasteiger partial charge in [0.2, 0.25) is 0 Å². The maximum Gasteiger partial charge on any atom is 0.191 e. The Hall–Kier alpha value is -0.300. The van der Waals surface area contributed by atoms with Crippen LogP contribution in [0.15, 0.2) is 17.1 Å². The van der Waals surface area contributed by atoms with Crippen LogP contribution in [-0.4, -0.2) is 49.6 Å². The third-order valence-electron chi connectivity index (χ3n) is 4.04. The van der Waals surface area contributed by atoms with Gasteiger partial charge in [0.15, 0.2) is 5.96 Å². The molecule has 2 aliphatic rings. The number of hydrogen-bond donors (Lipinski definition) is 2. The van der Waals surface area contributed by atoms with E-state index in [1.54, 1.807) is 0 Å². The third-order valence-corrected chi connectivity index (χ3v) is 4.04. The van der Waals surface area contributed by atoms with Crippen LogP contribution in [0, 0.1) is 0 Å². The SMILES string of the molecule is CCNC(=NCCCCN1CCCC1)NC1CC=CC1.I. The number of likely N-dealkylation sites (tertiary alicyclic amines) is 1. The Kier molecular flexibility index (Phi) is 10.1. The molecule has 0 amide bonds. The Labute approximate surface area is 146 Å². The quantitative estimate of drug-likeness (QED) is 0.225. The molecule has 0 unspecified atom stereocenters. The van der Waals surface area contributed by atoms with Gasteiger partial charge < -0.3 is 15.5 Å². The van der Waals surface area contributed by atoms with Gasteiger partial charge in [-0.2, -0.15) is 0 Å². The van der Waals surface area contributed by atoms with Crippen LogP contribution in [0.2, 0.25) is 0 Å². The highest BCUT2D eigenvalue weighted by Gasteiger charge is 2.12. The molecule has 4 nitrogen and oxygen atoms in total. The summed E-state index contributed by atoms with van der Waals surface area (Å²) in [6.07, 6.45) is 12.0. The molecular weight excluding hydrogens is 375 g/mol. The van der Waals surface area contributed by atoms with Crippen LogP contribution in [0.1, 0.15) is 45.4 Å². The summed E-state index contributed by atoms with van der Waals surface area (Å²) in [5.41, 5.74) is 0. The van der Waals surface area contributed by atoms with Crippen molar-refractivity contribution in [3.8, 4) is 0 Å². The zero-order valence-electron chi connectivity index (χ0n) is 13.3. The van der Waals surface area contributed by atoms with Crippen molar-refractivity contribution in [2.24, 2.45) is 4.99 Å². The molecule has 0 radical (unpaired) electrons. The standard InChI is InChI=1S/C16H30N4.HI/c1-2-17-16(19-15-9-3-4-10-15)18-11-5-6-12-20-13-7-8-14-20;/h3-4,15H,2,5-14H2,1H3,(H2,17,18,19);1H. The van der Waals surface area contributed by atoms with Gasteiger partial charge in [0, 0.05) is 19.1 Å². The van der Waals surface area contributed by atoms with E-state index >= 15 is 0 Å². The zero-order chi connectivity index (χ0) is 14.0. The number of nitrogens with one attached hydrogen (secondary N) is 2. The summed E-state index contributed by atoms with van der Waals surface area (Å²) >= 11 is 0. The molecule has 1 aliphatic carbocycles. The van der Waals surface area contributed by atoms with E-state index in [2.05, 4.69) is 39.6 Å². The van der Waals surface area contributed by atoms with Crippen molar-refractivity contribution < 1.29 is 0 Å². The molecule has 0 aromatic heterocycles. The fourth-order valence-corrected chi connectivity index (χ4v) is 2.89. The van der Waals surface area contributed by atoms with E-state index in [-0.39, 0.29) is 24.0 Å². The first-order chi connectivity index (χ1) is 9.88. The highest BCUT2D eigenvalue weighted by Crippen LogP contribution is 2.09. The first-order valence-electron chi connectivity index (χ1n) is 8.30. The first-order valence-corrected chi connectivity index (χ1v) is 8.30. The molecule has 0 bridgehead atoms. The molecule has 21 heavy (non-hydrogen) atoms. The smallest absolute Gasteiger partial charge is 0.191 e. The molecule has 2 rings (SSSR count). The summed E-state index contributed by atoms with van der Waals surface area (Å²) < 4.78 is 0. The molecule has 0 aromatic rings. The molecule has 122 valence electrons. The van der Waals surface area contributed by atoms with Crippen LogP contribution in [0.3, 0.4) is 0 Å². The predicted molar refractivity (Wildman–Crippen MR) is 102 cm³/mol. The number of guanidine groups is 1. The average Bonchev–Trinajstić information content (AvgIpc) is 3.11. The first kappa shape index (κ1) is 18.7. The summed E-state index contributed by atoms with van der Waals surface area (Å²) in [6, 6.07) is 0.539. The van der Waals surface area contributed by atoms with E-state index in [1.165, 1.54) is 45.3 Å². The minimum Gasteiger partial charge on any atom is -0.357 e. The van der Waals surface area contributed by atoms with Gasteiger partial charge in [0.25, 0.3) is 0 Å². The summed E-state index contributed by atoms with van der Waals surface area (Å²) in [5.74, 6) is 0.988. The van der Waals surface area contributed by atoms with Gasteiger partial charge >= 0.3 is 0 Å². The van der Waals surface area contributed by atoms with Crippen molar-refractivity contribution in [2.75, 3.05) is 32.7 Å². The van der Waals surface area contributed by atoms with Gasteiger partial charge in [-0.25, -0.2) is 0 Å². The van der Waals surface area contributed by atoms with E-state index in [4.69, 9.17) is 0 Å². The monoisotopic (exact) mass is 406 g/mol. The van der Waals surface area contributed by atoms with Crippen LogP contribution in [0.25, 0.3) is 0 Å². The van der Waals surface area contributed by atoms with Crippen molar-refractivity contribution in [1.82, 2.24) is 15.5 Å². The average molecular weight is 406 g/mol. The predicted octanol–water partition coefficient (Wildman–Crippen LogP) is 2.75. The minimum atomic E-state index is 0. The summed E-state index contributed by atoms with van der Waals surface area (Å²) in [7, 11) is 0. The van der Waals surface area contributed by atoms with Gasteiger partial charge in [-0.15, -0.1) is 24.0 Å². The van der Waals surface area contributed by atoms with Crippen LogP contribution in [-0.2, 0) is 0 Å². The number of halogens is 1. The topological polar surface area (TPSA) is 39.7 Å². The second-order valence-corrected chi connectivity index (χ2v) is 5.80. The zero-order valence-corrected chi connectivity index (χ0v) is 15.6. The van der Waals surface area contributed by atoms with E-state index in [0.717, 1.165) is 31.9 Å². The van der Waals surface area contributed by atoms with Gasteiger partial charge in [0.05, 0.1) is 0 Å². The lowest BCUT2D eigenvalue weighted by Crippen LogP contribution is -2.42. The molecule has 0 aromatic carbocycles. The van der Waals surface area contributed by atoms with Crippen LogP contribution in [0.5, 0.6) is 0 Å².